The van der Waals surface area contributed by atoms with Crippen LogP contribution in [0, 0.1) is 0 Å². The van der Waals surface area contributed by atoms with Crippen LogP contribution in [0.3, 0.4) is 0 Å². The van der Waals surface area contributed by atoms with Crippen LogP contribution in [0.25, 0.3) is 0 Å². The van der Waals surface area contributed by atoms with E-state index < -0.39 is 0 Å². The summed E-state index contributed by atoms with van der Waals surface area (Å²) in [4.78, 5) is 2.69. The first-order valence-electron chi connectivity index (χ1n) is 4.01. The molecule has 0 bridgehead atoms. The molecule has 0 amide bonds. The fourth-order valence-corrected chi connectivity index (χ4v) is 1.23. The third-order valence-electron chi connectivity index (χ3n) is 1.74. The number of para-hydroxylation sites is 1. The van der Waals surface area contributed by atoms with Crippen molar-refractivity contribution in [3.63, 3.8) is 0 Å². The van der Waals surface area contributed by atoms with Gasteiger partial charge >= 0.3 is 0 Å². The summed E-state index contributed by atoms with van der Waals surface area (Å²) in [6.45, 7) is 0. The third-order valence-corrected chi connectivity index (χ3v) is 2.33. The molecule has 2 nitrogen and oxygen atoms in total. The second kappa shape index (κ2) is 4.23. The Morgan fingerprint density at radius 2 is 1.92 bits per heavy atom. The summed E-state index contributed by atoms with van der Waals surface area (Å²) in [5.41, 5.74) is 0.963. The molecule has 0 aromatic heterocycles. The molecule has 0 heterocycles. The van der Waals surface area contributed by atoms with Crippen LogP contribution >= 0.6 is 12.2 Å². The van der Waals surface area contributed by atoms with Crippen molar-refractivity contribution < 1.29 is 4.74 Å². The van der Waals surface area contributed by atoms with Crippen LogP contribution in [0.5, 0.6) is 5.75 Å². The van der Waals surface area contributed by atoms with Gasteiger partial charge in [0.1, 0.15) is 10.7 Å². The van der Waals surface area contributed by atoms with Gasteiger partial charge in [-0.15, -0.1) is 0 Å². The molecule has 0 atom stereocenters. The van der Waals surface area contributed by atoms with Crippen molar-refractivity contribution in [2.75, 3.05) is 21.2 Å². The third kappa shape index (κ3) is 2.18. The van der Waals surface area contributed by atoms with E-state index in [2.05, 4.69) is 0 Å². The van der Waals surface area contributed by atoms with Gasteiger partial charge in [-0.1, -0.05) is 24.4 Å². The Hall–Kier alpha value is -1.09. The quantitative estimate of drug-likeness (QED) is 0.669. The fourth-order valence-electron chi connectivity index (χ4n) is 1.06. The first kappa shape index (κ1) is 9.99. The predicted octanol–water partition coefficient (Wildman–Crippen LogP) is 1.93. The number of hydrogen-bond donors (Lipinski definition) is 0. The van der Waals surface area contributed by atoms with Crippen molar-refractivity contribution in [1.82, 2.24) is 4.90 Å². The molecule has 3 heteroatoms. The zero-order chi connectivity index (χ0) is 9.84. The molecule has 0 spiro atoms. The summed E-state index contributed by atoms with van der Waals surface area (Å²) in [5, 5.41) is 0. The number of hydrogen-bond acceptors (Lipinski definition) is 2. The van der Waals surface area contributed by atoms with Crippen molar-refractivity contribution in [1.29, 1.82) is 0 Å². The highest BCUT2D eigenvalue weighted by molar-refractivity contribution is 7.80. The summed E-state index contributed by atoms with van der Waals surface area (Å²) in [5.74, 6) is 0.821. The zero-order valence-corrected chi connectivity index (χ0v) is 8.89. The van der Waals surface area contributed by atoms with Crippen molar-refractivity contribution in [3.8, 4) is 5.75 Å². The van der Waals surface area contributed by atoms with Crippen LogP contribution in [0.1, 0.15) is 5.56 Å². The van der Waals surface area contributed by atoms with Crippen LogP contribution in [0.15, 0.2) is 24.3 Å². The van der Waals surface area contributed by atoms with E-state index in [0.717, 1.165) is 16.3 Å². The highest BCUT2D eigenvalue weighted by Gasteiger charge is 2.08. The summed E-state index contributed by atoms with van der Waals surface area (Å²) in [6.07, 6.45) is 0. The van der Waals surface area contributed by atoms with Crippen LogP contribution < -0.4 is 4.74 Å². The molecule has 1 rings (SSSR count). The molecule has 0 aliphatic rings. The number of thiocarbonyl (C=S) groups is 1. The molecule has 0 aliphatic heterocycles. The smallest absolute Gasteiger partial charge is 0.129 e. The predicted molar refractivity (Wildman–Crippen MR) is 58.4 cm³/mol. The lowest BCUT2D eigenvalue weighted by Gasteiger charge is -2.15. The summed E-state index contributed by atoms with van der Waals surface area (Å²) in [6, 6.07) is 7.75. The van der Waals surface area contributed by atoms with Crippen LogP contribution in [-0.4, -0.2) is 31.1 Å². The Kier molecular flexibility index (Phi) is 3.25. The topological polar surface area (TPSA) is 12.5 Å². The van der Waals surface area contributed by atoms with Crippen molar-refractivity contribution in [2.24, 2.45) is 0 Å². The van der Waals surface area contributed by atoms with Gasteiger partial charge in [-0.05, 0) is 12.1 Å². The molecular weight excluding hydrogens is 182 g/mol. The number of benzene rings is 1. The van der Waals surface area contributed by atoms with E-state index in [9.17, 15) is 0 Å². The first-order valence-corrected chi connectivity index (χ1v) is 4.42. The van der Waals surface area contributed by atoms with Gasteiger partial charge in [0, 0.05) is 14.1 Å². The molecule has 1 aromatic rings. The minimum atomic E-state index is 0.789. The van der Waals surface area contributed by atoms with Gasteiger partial charge in [-0.25, -0.2) is 0 Å². The molecule has 0 N–H and O–H groups in total. The maximum Gasteiger partial charge on any atom is 0.129 e. The largest absolute Gasteiger partial charge is 0.496 e. The van der Waals surface area contributed by atoms with E-state index >= 15 is 0 Å². The molecule has 0 radical (unpaired) electrons. The van der Waals surface area contributed by atoms with Crippen molar-refractivity contribution in [3.05, 3.63) is 29.8 Å². The second-order valence-corrected chi connectivity index (χ2v) is 3.29. The van der Waals surface area contributed by atoms with E-state index in [0.29, 0.717) is 0 Å². The SMILES string of the molecule is COc1ccccc1C(=S)N(C)C. The average molecular weight is 195 g/mol. The van der Waals surface area contributed by atoms with Gasteiger partial charge in [0.2, 0.25) is 0 Å². The average Bonchev–Trinajstić information content (AvgIpc) is 2.16. The number of rotatable bonds is 2. The maximum atomic E-state index is 5.24. The Bertz CT molecular complexity index is 310. The van der Waals surface area contributed by atoms with E-state index in [1.165, 1.54) is 0 Å². The second-order valence-electron chi connectivity index (χ2n) is 2.90. The number of ether oxygens (including phenoxy) is 1. The van der Waals surface area contributed by atoms with E-state index in [-0.39, 0.29) is 0 Å². The first-order chi connectivity index (χ1) is 6.16. The van der Waals surface area contributed by atoms with E-state index in [1.54, 1.807) is 7.11 Å². The van der Waals surface area contributed by atoms with Crippen LogP contribution in [0.4, 0.5) is 0 Å². The van der Waals surface area contributed by atoms with Gasteiger partial charge in [0.15, 0.2) is 0 Å². The Balaban J connectivity index is 3.06. The van der Waals surface area contributed by atoms with Gasteiger partial charge in [0.05, 0.1) is 12.7 Å². The van der Waals surface area contributed by atoms with Gasteiger partial charge in [-0.2, -0.15) is 0 Å². The summed E-state index contributed by atoms with van der Waals surface area (Å²) < 4.78 is 5.20. The van der Waals surface area contributed by atoms with Crippen LogP contribution in [0.2, 0.25) is 0 Å². The Morgan fingerprint density at radius 1 is 1.31 bits per heavy atom. The lowest BCUT2D eigenvalue weighted by atomic mass is 10.2. The Morgan fingerprint density at radius 3 is 2.46 bits per heavy atom. The maximum absolute atomic E-state index is 5.24. The van der Waals surface area contributed by atoms with Gasteiger partial charge in [0.25, 0.3) is 0 Å². The molecule has 1 aromatic carbocycles. The Labute approximate surface area is 84.1 Å². The molecule has 0 saturated heterocycles. The number of methoxy groups -OCH3 is 1. The van der Waals surface area contributed by atoms with E-state index in [4.69, 9.17) is 17.0 Å². The molecule has 0 fully saturated rings. The molecular formula is C10H13NOS. The number of nitrogens with zero attached hydrogens (tertiary/aromatic N) is 1. The van der Waals surface area contributed by atoms with Crippen molar-refractivity contribution in [2.45, 2.75) is 0 Å². The zero-order valence-electron chi connectivity index (χ0n) is 8.07. The summed E-state index contributed by atoms with van der Waals surface area (Å²) >= 11 is 5.24. The van der Waals surface area contributed by atoms with Crippen molar-refractivity contribution >= 4 is 17.2 Å². The monoisotopic (exact) mass is 195 g/mol. The summed E-state index contributed by atoms with van der Waals surface area (Å²) in [7, 11) is 5.50. The lowest BCUT2D eigenvalue weighted by molar-refractivity contribution is 0.413. The molecule has 70 valence electrons. The molecule has 0 saturated carbocycles. The van der Waals surface area contributed by atoms with Gasteiger partial charge in [-0.3, -0.25) is 0 Å². The molecule has 13 heavy (non-hydrogen) atoms. The standard InChI is InChI=1S/C10H13NOS/c1-11(2)10(13)8-6-4-5-7-9(8)12-3/h4-7H,1-3H3. The minimum Gasteiger partial charge on any atom is -0.496 e. The molecule has 0 unspecified atom stereocenters. The highest BCUT2D eigenvalue weighted by Crippen LogP contribution is 2.18. The minimum absolute atomic E-state index is 0.789. The molecule has 0 aliphatic carbocycles. The highest BCUT2D eigenvalue weighted by atomic mass is 32.1. The van der Waals surface area contributed by atoms with Gasteiger partial charge < -0.3 is 9.64 Å². The normalized spacial score (nSPS) is 9.46. The van der Waals surface area contributed by atoms with E-state index in [1.807, 2.05) is 43.3 Å². The fraction of sp³-hybridized carbons (Fsp3) is 0.300. The van der Waals surface area contributed by atoms with Crippen LogP contribution in [-0.2, 0) is 0 Å². The lowest BCUT2D eigenvalue weighted by Crippen LogP contribution is -2.21.